The van der Waals surface area contributed by atoms with Crippen LogP contribution in [0.3, 0.4) is 0 Å². The maximum Gasteiger partial charge on any atom is 0.193 e. The van der Waals surface area contributed by atoms with Gasteiger partial charge in [-0.1, -0.05) is 24.3 Å². The highest BCUT2D eigenvalue weighted by molar-refractivity contribution is 14.0. The maximum absolute atomic E-state index is 6.01. The van der Waals surface area contributed by atoms with Crippen molar-refractivity contribution in [2.75, 3.05) is 49.5 Å². The number of guanidine groups is 1. The molecule has 5 nitrogen and oxygen atoms in total. The van der Waals surface area contributed by atoms with Gasteiger partial charge in [0.2, 0.25) is 0 Å². The van der Waals surface area contributed by atoms with E-state index in [0.29, 0.717) is 5.96 Å². The summed E-state index contributed by atoms with van der Waals surface area (Å²) >= 11 is 0. The van der Waals surface area contributed by atoms with E-state index in [1.807, 2.05) is 6.07 Å². The van der Waals surface area contributed by atoms with Gasteiger partial charge < -0.3 is 16.0 Å². The predicted molar refractivity (Wildman–Crippen MR) is 131 cm³/mol. The average Bonchev–Trinajstić information content (AvgIpc) is 2.69. The van der Waals surface area contributed by atoms with E-state index in [4.69, 9.17) is 5.73 Å². The number of anilines is 2. The van der Waals surface area contributed by atoms with Gasteiger partial charge in [0, 0.05) is 50.6 Å². The number of nitrogens with zero attached hydrogens (tertiary/aromatic N) is 3. The molecule has 3 rings (SSSR count). The van der Waals surface area contributed by atoms with Gasteiger partial charge in [-0.05, 0) is 55.7 Å². The smallest absolute Gasteiger partial charge is 0.193 e. The Kier molecular flexibility index (Phi) is 9.05. The van der Waals surface area contributed by atoms with Gasteiger partial charge in [-0.25, -0.2) is 0 Å². The summed E-state index contributed by atoms with van der Waals surface area (Å²) in [6.45, 7) is 10.4. The number of piperazine rings is 1. The Morgan fingerprint density at radius 1 is 1.00 bits per heavy atom. The number of hydrogen-bond acceptors (Lipinski definition) is 3. The van der Waals surface area contributed by atoms with Gasteiger partial charge in [-0.15, -0.1) is 24.0 Å². The molecule has 2 aromatic carbocycles. The number of nitrogens with one attached hydrogen (secondary N) is 1. The number of benzene rings is 2. The molecule has 3 N–H and O–H groups in total. The molecule has 1 heterocycles. The molecule has 0 radical (unpaired) electrons. The van der Waals surface area contributed by atoms with Gasteiger partial charge in [-0.2, -0.15) is 0 Å². The third-order valence-electron chi connectivity index (χ3n) is 5.19. The minimum atomic E-state index is 0. The minimum Gasteiger partial charge on any atom is -0.370 e. The van der Waals surface area contributed by atoms with E-state index in [9.17, 15) is 0 Å². The summed E-state index contributed by atoms with van der Waals surface area (Å²) in [7, 11) is 0. The van der Waals surface area contributed by atoms with Gasteiger partial charge in [0.05, 0.1) is 0 Å². The lowest BCUT2D eigenvalue weighted by Gasteiger charge is -2.36. The van der Waals surface area contributed by atoms with Crippen LogP contribution in [0.4, 0.5) is 11.4 Å². The second-order valence-electron chi connectivity index (χ2n) is 7.21. The summed E-state index contributed by atoms with van der Waals surface area (Å²) in [5.41, 5.74) is 10.9. The first kappa shape index (κ1) is 22.5. The zero-order valence-electron chi connectivity index (χ0n) is 16.9. The molecule has 2 aromatic rings. The molecule has 1 aliphatic heterocycles. The molecule has 0 bridgehead atoms. The molecule has 0 aliphatic carbocycles. The Morgan fingerprint density at radius 3 is 2.39 bits per heavy atom. The molecule has 0 saturated carbocycles. The Morgan fingerprint density at radius 2 is 1.71 bits per heavy atom. The number of halogens is 1. The van der Waals surface area contributed by atoms with Crippen LogP contribution in [0.15, 0.2) is 53.5 Å². The first-order valence-electron chi connectivity index (χ1n) is 9.78. The lowest BCUT2D eigenvalue weighted by molar-refractivity contribution is 0.256. The molecule has 1 fully saturated rings. The number of hydrogen-bond donors (Lipinski definition) is 2. The van der Waals surface area contributed by atoms with Crippen LogP contribution in [0.25, 0.3) is 0 Å². The van der Waals surface area contributed by atoms with Crippen LogP contribution in [0, 0.1) is 13.8 Å². The van der Waals surface area contributed by atoms with Gasteiger partial charge in [-0.3, -0.25) is 9.89 Å². The summed E-state index contributed by atoms with van der Waals surface area (Å²) in [5, 5.41) is 3.18. The summed E-state index contributed by atoms with van der Waals surface area (Å²) in [5.74, 6) is 0.493. The molecule has 0 atom stereocenters. The number of aryl methyl sites for hydroxylation is 2. The summed E-state index contributed by atoms with van der Waals surface area (Å²) in [6, 6.07) is 16.9. The first-order valence-corrected chi connectivity index (χ1v) is 9.78. The molecule has 0 aromatic heterocycles. The van der Waals surface area contributed by atoms with Crippen LogP contribution in [-0.4, -0.2) is 50.1 Å². The predicted octanol–water partition coefficient (Wildman–Crippen LogP) is 3.86. The zero-order valence-corrected chi connectivity index (χ0v) is 19.2. The Bertz CT molecular complexity index is 755. The fourth-order valence-corrected chi connectivity index (χ4v) is 3.37. The number of nitrogens with two attached hydrogens (primary N) is 1. The van der Waals surface area contributed by atoms with Crippen LogP contribution >= 0.6 is 24.0 Å². The standard InChI is InChI=1S/C22H31N5.HI/c1-18-9-10-20(17-19(18)2)25-22(23)24-11-6-12-26-13-15-27(16-14-26)21-7-4-3-5-8-21;/h3-5,7-10,17H,6,11-16H2,1-2H3,(H3,23,24,25);1H. The Balaban J connectivity index is 0.00000280. The van der Waals surface area contributed by atoms with Gasteiger partial charge in [0.1, 0.15) is 0 Å². The SMILES string of the molecule is Cc1ccc(NC(N)=NCCCN2CCN(c3ccccc3)CC2)cc1C.I. The van der Waals surface area contributed by atoms with E-state index in [0.717, 1.165) is 51.4 Å². The molecule has 6 heteroatoms. The molecule has 1 saturated heterocycles. The van der Waals surface area contributed by atoms with E-state index in [1.54, 1.807) is 0 Å². The van der Waals surface area contributed by atoms with Gasteiger partial charge in [0.25, 0.3) is 0 Å². The van der Waals surface area contributed by atoms with Crippen LogP contribution < -0.4 is 16.0 Å². The largest absolute Gasteiger partial charge is 0.370 e. The molecule has 0 spiro atoms. The van der Waals surface area contributed by atoms with E-state index >= 15 is 0 Å². The van der Waals surface area contributed by atoms with Gasteiger partial charge >= 0.3 is 0 Å². The minimum absolute atomic E-state index is 0. The van der Waals surface area contributed by atoms with Crippen molar-refractivity contribution in [3.05, 3.63) is 59.7 Å². The highest BCUT2D eigenvalue weighted by Gasteiger charge is 2.16. The fourth-order valence-electron chi connectivity index (χ4n) is 3.37. The molecular weight excluding hydrogens is 461 g/mol. The van der Waals surface area contributed by atoms with E-state index in [-0.39, 0.29) is 24.0 Å². The average molecular weight is 493 g/mol. The Labute approximate surface area is 186 Å². The van der Waals surface area contributed by atoms with Crippen LogP contribution in [0.5, 0.6) is 0 Å². The molecule has 0 amide bonds. The number of aliphatic imine (C=N–C) groups is 1. The fraction of sp³-hybridized carbons (Fsp3) is 0.409. The lowest BCUT2D eigenvalue weighted by Crippen LogP contribution is -2.46. The highest BCUT2D eigenvalue weighted by Crippen LogP contribution is 2.16. The second kappa shape index (κ2) is 11.3. The molecule has 152 valence electrons. The van der Waals surface area contributed by atoms with E-state index in [2.05, 4.69) is 76.4 Å². The summed E-state index contributed by atoms with van der Waals surface area (Å²) in [4.78, 5) is 9.44. The van der Waals surface area contributed by atoms with Crippen molar-refractivity contribution < 1.29 is 0 Å². The molecule has 0 unspecified atom stereocenters. The first-order chi connectivity index (χ1) is 13.1. The van der Waals surface area contributed by atoms with E-state index in [1.165, 1.54) is 16.8 Å². The molecule has 1 aliphatic rings. The highest BCUT2D eigenvalue weighted by atomic mass is 127. The van der Waals surface area contributed by atoms with Crippen molar-refractivity contribution in [1.29, 1.82) is 0 Å². The molecule has 28 heavy (non-hydrogen) atoms. The number of rotatable bonds is 6. The van der Waals surface area contributed by atoms with Crippen LogP contribution in [0.2, 0.25) is 0 Å². The number of para-hydroxylation sites is 1. The third-order valence-corrected chi connectivity index (χ3v) is 5.19. The summed E-state index contributed by atoms with van der Waals surface area (Å²) < 4.78 is 0. The summed E-state index contributed by atoms with van der Waals surface area (Å²) in [6.07, 6.45) is 1.03. The lowest BCUT2D eigenvalue weighted by atomic mass is 10.1. The second-order valence-corrected chi connectivity index (χ2v) is 7.21. The van der Waals surface area contributed by atoms with Crippen molar-refractivity contribution in [2.45, 2.75) is 20.3 Å². The molecular formula is C22H32IN5. The monoisotopic (exact) mass is 493 g/mol. The van der Waals surface area contributed by atoms with E-state index < -0.39 is 0 Å². The third kappa shape index (κ3) is 6.67. The quantitative estimate of drug-likeness (QED) is 0.278. The van der Waals surface area contributed by atoms with Crippen molar-refractivity contribution in [1.82, 2.24) is 4.90 Å². The van der Waals surface area contributed by atoms with Crippen molar-refractivity contribution in [3.8, 4) is 0 Å². The van der Waals surface area contributed by atoms with Crippen LogP contribution in [-0.2, 0) is 0 Å². The zero-order chi connectivity index (χ0) is 19.1. The Hall–Kier alpha value is -1.80. The van der Waals surface area contributed by atoms with Crippen molar-refractivity contribution in [3.63, 3.8) is 0 Å². The van der Waals surface area contributed by atoms with Crippen LogP contribution in [0.1, 0.15) is 17.5 Å². The van der Waals surface area contributed by atoms with Crippen molar-refractivity contribution in [2.24, 2.45) is 10.7 Å². The maximum atomic E-state index is 6.01. The van der Waals surface area contributed by atoms with Gasteiger partial charge in [0.15, 0.2) is 5.96 Å². The topological polar surface area (TPSA) is 56.9 Å². The van der Waals surface area contributed by atoms with Crippen molar-refractivity contribution >= 4 is 41.3 Å². The normalized spacial score (nSPS) is 15.2.